The SMILES string of the molecule is O=C(O)CC(NC(=O)c1ccccc1)C(=O)NC1CCCN(C(=O)CCC2CCNCC2)C1. The second kappa shape index (κ2) is 12.3. The molecule has 2 atom stereocenters. The lowest BCUT2D eigenvalue weighted by Crippen LogP contribution is -2.55. The number of benzene rings is 1. The fraction of sp³-hybridized carbons (Fsp3) is 0.583. The van der Waals surface area contributed by atoms with Crippen LogP contribution in [0, 0.1) is 5.92 Å². The molecule has 0 radical (unpaired) electrons. The zero-order valence-corrected chi connectivity index (χ0v) is 18.9. The maximum Gasteiger partial charge on any atom is 0.305 e. The van der Waals surface area contributed by atoms with Crippen LogP contribution in [0.4, 0.5) is 0 Å². The number of carboxylic acid groups (broad SMARTS) is 1. The zero-order valence-electron chi connectivity index (χ0n) is 18.9. The molecular formula is C24H34N4O5. The first-order valence-corrected chi connectivity index (χ1v) is 11.8. The van der Waals surface area contributed by atoms with Gasteiger partial charge in [0.15, 0.2) is 0 Å². The molecule has 2 aliphatic rings. The van der Waals surface area contributed by atoms with Crippen LogP contribution >= 0.6 is 0 Å². The molecule has 2 heterocycles. The van der Waals surface area contributed by atoms with Crippen molar-refractivity contribution in [3.05, 3.63) is 35.9 Å². The summed E-state index contributed by atoms with van der Waals surface area (Å²) in [6.07, 6.45) is 4.56. The smallest absolute Gasteiger partial charge is 0.305 e. The van der Waals surface area contributed by atoms with Gasteiger partial charge in [0.2, 0.25) is 11.8 Å². The van der Waals surface area contributed by atoms with E-state index in [4.69, 9.17) is 0 Å². The Balaban J connectivity index is 1.52. The number of aliphatic carboxylic acids is 1. The maximum absolute atomic E-state index is 12.8. The number of hydrogen-bond donors (Lipinski definition) is 4. The van der Waals surface area contributed by atoms with Crippen LogP contribution in [0.25, 0.3) is 0 Å². The molecule has 2 saturated heterocycles. The molecule has 0 aromatic heterocycles. The van der Waals surface area contributed by atoms with Crippen molar-refractivity contribution in [2.24, 2.45) is 5.92 Å². The third kappa shape index (κ3) is 7.85. The van der Waals surface area contributed by atoms with Crippen molar-refractivity contribution in [3.8, 4) is 0 Å². The highest BCUT2D eigenvalue weighted by atomic mass is 16.4. The van der Waals surface area contributed by atoms with E-state index in [0.29, 0.717) is 37.4 Å². The molecule has 180 valence electrons. The van der Waals surface area contributed by atoms with E-state index in [1.807, 2.05) is 0 Å². The molecule has 2 aliphatic heterocycles. The van der Waals surface area contributed by atoms with Gasteiger partial charge in [-0.1, -0.05) is 18.2 Å². The molecule has 3 amide bonds. The lowest BCUT2D eigenvalue weighted by Gasteiger charge is -2.34. The van der Waals surface area contributed by atoms with Crippen molar-refractivity contribution in [1.29, 1.82) is 0 Å². The minimum atomic E-state index is -1.19. The van der Waals surface area contributed by atoms with Crippen molar-refractivity contribution in [2.75, 3.05) is 26.2 Å². The Labute approximate surface area is 194 Å². The number of carboxylic acids is 1. The Hall–Kier alpha value is -2.94. The second-order valence-electron chi connectivity index (χ2n) is 8.91. The van der Waals surface area contributed by atoms with Crippen molar-refractivity contribution in [3.63, 3.8) is 0 Å². The molecule has 9 heteroatoms. The number of carbonyl (C=O) groups excluding carboxylic acids is 3. The summed E-state index contributed by atoms with van der Waals surface area (Å²) >= 11 is 0. The monoisotopic (exact) mass is 458 g/mol. The maximum atomic E-state index is 12.8. The summed E-state index contributed by atoms with van der Waals surface area (Å²) in [6.45, 7) is 3.09. The van der Waals surface area contributed by atoms with E-state index in [2.05, 4.69) is 16.0 Å². The van der Waals surface area contributed by atoms with Crippen molar-refractivity contribution < 1.29 is 24.3 Å². The van der Waals surface area contributed by atoms with Gasteiger partial charge in [-0.05, 0) is 63.2 Å². The fourth-order valence-electron chi connectivity index (χ4n) is 4.49. The minimum absolute atomic E-state index is 0.104. The van der Waals surface area contributed by atoms with Crippen LogP contribution in [0.1, 0.15) is 55.3 Å². The quantitative estimate of drug-likeness (QED) is 0.440. The summed E-state index contributed by atoms with van der Waals surface area (Å²) in [5.41, 5.74) is 0.351. The van der Waals surface area contributed by atoms with E-state index in [9.17, 15) is 24.3 Å². The van der Waals surface area contributed by atoms with Crippen LogP contribution in [0.2, 0.25) is 0 Å². The van der Waals surface area contributed by atoms with Gasteiger partial charge in [0.25, 0.3) is 5.91 Å². The van der Waals surface area contributed by atoms with Gasteiger partial charge in [0.05, 0.1) is 6.42 Å². The van der Waals surface area contributed by atoms with Crippen molar-refractivity contribution in [2.45, 2.75) is 57.0 Å². The minimum Gasteiger partial charge on any atom is -0.481 e. The lowest BCUT2D eigenvalue weighted by molar-refractivity contribution is -0.140. The molecule has 1 aromatic carbocycles. The van der Waals surface area contributed by atoms with E-state index < -0.39 is 30.2 Å². The van der Waals surface area contributed by atoms with Crippen LogP contribution in [0.15, 0.2) is 30.3 Å². The number of hydrogen-bond acceptors (Lipinski definition) is 5. The van der Waals surface area contributed by atoms with Gasteiger partial charge in [-0.25, -0.2) is 0 Å². The van der Waals surface area contributed by atoms with Gasteiger partial charge < -0.3 is 26.0 Å². The molecule has 0 spiro atoms. The summed E-state index contributed by atoms with van der Waals surface area (Å²) in [4.78, 5) is 51.1. The van der Waals surface area contributed by atoms with E-state index in [0.717, 1.165) is 38.8 Å². The molecule has 3 rings (SSSR count). The molecule has 2 unspecified atom stereocenters. The highest BCUT2D eigenvalue weighted by molar-refractivity contribution is 5.98. The van der Waals surface area contributed by atoms with E-state index >= 15 is 0 Å². The summed E-state index contributed by atoms with van der Waals surface area (Å²) in [7, 11) is 0. The van der Waals surface area contributed by atoms with Crippen LogP contribution in [0.5, 0.6) is 0 Å². The molecule has 4 N–H and O–H groups in total. The van der Waals surface area contributed by atoms with Gasteiger partial charge in [-0.15, -0.1) is 0 Å². The van der Waals surface area contributed by atoms with Gasteiger partial charge in [-0.3, -0.25) is 19.2 Å². The molecule has 33 heavy (non-hydrogen) atoms. The van der Waals surface area contributed by atoms with Crippen LogP contribution < -0.4 is 16.0 Å². The average molecular weight is 459 g/mol. The van der Waals surface area contributed by atoms with Gasteiger partial charge in [0, 0.05) is 31.1 Å². The molecule has 0 bridgehead atoms. The number of carbonyl (C=O) groups is 4. The summed E-state index contributed by atoms with van der Waals surface area (Å²) in [5.74, 6) is -1.54. The Bertz CT molecular complexity index is 825. The summed E-state index contributed by atoms with van der Waals surface area (Å²) in [6, 6.07) is 6.89. The third-order valence-electron chi connectivity index (χ3n) is 6.38. The average Bonchev–Trinajstić information content (AvgIpc) is 2.83. The number of likely N-dealkylation sites (tertiary alicyclic amines) is 1. The number of amides is 3. The van der Waals surface area contributed by atoms with Crippen molar-refractivity contribution in [1.82, 2.24) is 20.9 Å². The predicted molar refractivity (Wildman–Crippen MR) is 123 cm³/mol. The van der Waals surface area contributed by atoms with Crippen LogP contribution in [-0.4, -0.2) is 72.0 Å². The standard InChI is InChI=1S/C24H34N4O5/c29-21(9-8-17-10-12-25-13-11-17)28-14-4-7-19(16-28)26-24(33)20(15-22(30)31)27-23(32)18-5-2-1-3-6-18/h1-3,5-6,17,19-20,25H,4,7-16H2,(H,26,33)(H,27,32)(H,30,31). The Kier molecular flexibility index (Phi) is 9.24. The van der Waals surface area contributed by atoms with Crippen LogP contribution in [-0.2, 0) is 14.4 Å². The third-order valence-corrected chi connectivity index (χ3v) is 6.38. The first-order valence-electron chi connectivity index (χ1n) is 11.8. The summed E-state index contributed by atoms with van der Waals surface area (Å²) < 4.78 is 0. The number of rotatable bonds is 9. The predicted octanol–water partition coefficient (Wildman–Crippen LogP) is 1.15. The van der Waals surface area contributed by atoms with Gasteiger partial charge in [0.1, 0.15) is 6.04 Å². The number of nitrogens with zero attached hydrogens (tertiary/aromatic N) is 1. The first kappa shape index (κ1) is 24.7. The number of nitrogens with one attached hydrogen (secondary N) is 3. The van der Waals surface area contributed by atoms with Gasteiger partial charge in [-0.2, -0.15) is 0 Å². The fourth-order valence-corrected chi connectivity index (χ4v) is 4.49. The molecule has 1 aromatic rings. The van der Waals surface area contributed by atoms with Gasteiger partial charge >= 0.3 is 5.97 Å². The first-order chi connectivity index (χ1) is 15.9. The van der Waals surface area contributed by atoms with Crippen LogP contribution in [0.3, 0.4) is 0 Å². The molecule has 0 aliphatic carbocycles. The molecule has 9 nitrogen and oxygen atoms in total. The highest BCUT2D eigenvalue weighted by Crippen LogP contribution is 2.20. The Morgan fingerprint density at radius 3 is 2.52 bits per heavy atom. The Morgan fingerprint density at radius 1 is 1.09 bits per heavy atom. The summed E-state index contributed by atoms with van der Waals surface area (Å²) in [5, 5.41) is 17.9. The molecular weight excluding hydrogens is 424 g/mol. The second-order valence-corrected chi connectivity index (χ2v) is 8.91. The van der Waals surface area contributed by atoms with E-state index in [-0.39, 0.29) is 11.9 Å². The highest BCUT2D eigenvalue weighted by Gasteiger charge is 2.29. The Morgan fingerprint density at radius 2 is 1.82 bits per heavy atom. The zero-order chi connectivity index (χ0) is 23.6. The largest absolute Gasteiger partial charge is 0.481 e. The lowest BCUT2D eigenvalue weighted by atomic mass is 9.92. The van der Waals surface area contributed by atoms with E-state index in [1.165, 1.54) is 0 Å². The molecule has 0 saturated carbocycles. The normalized spacial score (nSPS) is 20.0. The van der Waals surface area contributed by atoms with Crippen molar-refractivity contribution >= 4 is 23.7 Å². The number of piperidine rings is 2. The van der Waals surface area contributed by atoms with E-state index in [1.54, 1.807) is 35.2 Å². The molecule has 2 fully saturated rings. The topological polar surface area (TPSA) is 128 Å².